The van der Waals surface area contributed by atoms with Gasteiger partial charge in [-0.3, -0.25) is 0 Å². The predicted molar refractivity (Wildman–Crippen MR) is 124 cm³/mol. The molecule has 1 atom stereocenters. The SMILES string of the molecule is CC(C)OC(=O)COc1cccc(N(C)C2CCc3ccc(-c4cccc(F)c4)cc32)c1. The van der Waals surface area contributed by atoms with E-state index in [1.54, 1.807) is 12.1 Å². The highest BCUT2D eigenvalue weighted by atomic mass is 19.1. The zero-order valence-corrected chi connectivity index (χ0v) is 18.7. The molecule has 0 aliphatic heterocycles. The molecule has 4 rings (SSSR count). The molecular formula is C27H28FNO3. The summed E-state index contributed by atoms with van der Waals surface area (Å²) < 4.78 is 24.5. The zero-order valence-electron chi connectivity index (χ0n) is 18.7. The van der Waals surface area contributed by atoms with Crippen molar-refractivity contribution in [2.75, 3.05) is 18.6 Å². The summed E-state index contributed by atoms with van der Waals surface area (Å²) in [7, 11) is 2.07. The van der Waals surface area contributed by atoms with E-state index in [2.05, 4.69) is 30.1 Å². The number of nitrogens with zero attached hydrogens (tertiary/aromatic N) is 1. The number of halogens is 1. The van der Waals surface area contributed by atoms with Gasteiger partial charge in [0.15, 0.2) is 6.61 Å². The molecule has 3 aromatic rings. The Kier molecular flexibility index (Phi) is 6.45. The number of ether oxygens (including phenoxy) is 2. The second kappa shape index (κ2) is 9.43. The smallest absolute Gasteiger partial charge is 0.344 e. The molecule has 1 unspecified atom stereocenters. The molecule has 0 saturated heterocycles. The number of hydrogen-bond donors (Lipinski definition) is 0. The summed E-state index contributed by atoms with van der Waals surface area (Å²) in [6.07, 6.45) is 1.85. The first-order valence-electron chi connectivity index (χ1n) is 10.9. The van der Waals surface area contributed by atoms with Crippen LogP contribution < -0.4 is 9.64 Å². The molecule has 1 aliphatic rings. The fourth-order valence-electron chi connectivity index (χ4n) is 4.24. The van der Waals surface area contributed by atoms with Gasteiger partial charge in [0.25, 0.3) is 0 Å². The maximum Gasteiger partial charge on any atom is 0.344 e. The third kappa shape index (κ3) is 4.93. The van der Waals surface area contributed by atoms with Gasteiger partial charge in [-0.15, -0.1) is 0 Å². The summed E-state index contributed by atoms with van der Waals surface area (Å²) >= 11 is 0. The van der Waals surface area contributed by atoms with Crippen LogP contribution in [0.15, 0.2) is 66.7 Å². The van der Waals surface area contributed by atoms with Gasteiger partial charge in [-0.25, -0.2) is 9.18 Å². The molecule has 4 nitrogen and oxygen atoms in total. The van der Waals surface area contributed by atoms with Crippen LogP contribution >= 0.6 is 0 Å². The molecule has 0 aromatic heterocycles. The summed E-state index contributed by atoms with van der Waals surface area (Å²) in [6.45, 7) is 3.51. The number of aryl methyl sites for hydroxylation is 1. The normalized spacial score (nSPS) is 14.8. The van der Waals surface area contributed by atoms with Crippen LogP contribution in [0.1, 0.15) is 37.4 Å². The van der Waals surface area contributed by atoms with E-state index in [1.807, 2.05) is 44.2 Å². The van der Waals surface area contributed by atoms with Gasteiger partial charge >= 0.3 is 5.97 Å². The van der Waals surface area contributed by atoms with Gasteiger partial charge in [0.2, 0.25) is 0 Å². The summed E-state index contributed by atoms with van der Waals surface area (Å²) in [4.78, 5) is 14.0. The van der Waals surface area contributed by atoms with E-state index >= 15 is 0 Å². The third-order valence-corrected chi connectivity index (χ3v) is 5.77. The van der Waals surface area contributed by atoms with Gasteiger partial charge in [-0.1, -0.05) is 30.3 Å². The molecule has 0 bridgehead atoms. The Bertz CT molecular complexity index is 1110. The van der Waals surface area contributed by atoms with Crippen LogP contribution in [0.2, 0.25) is 0 Å². The van der Waals surface area contributed by atoms with Crippen LogP contribution in [0.4, 0.5) is 10.1 Å². The monoisotopic (exact) mass is 433 g/mol. The number of carbonyl (C=O) groups excluding carboxylic acids is 1. The number of carbonyl (C=O) groups is 1. The van der Waals surface area contributed by atoms with Gasteiger partial charge in [-0.05, 0) is 79.3 Å². The average molecular weight is 434 g/mol. The Labute approximate surface area is 188 Å². The first-order valence-corrected chi connectivity index (χ1v) is 10.9. The van der Waals surface area contributed by atoms with E-state index in [1.165, 1.54) is 17.2 Å². The lowest BCUT2D eigenvalue weighted by Crippen LogP contribution is -2.22. The number of benzene rings is 3. The second-order valence-electron chi connectivity index (χ2n) is 8.41. The summed E-state index contributed by atoms with van der Waals surface area (Å²) in [5.74, 6) is 0.0147. The maximum atomic E-state index is 13.7. The van der Waals surface area contributed by atoms with E-state index in [-0.39, 0.29) is 30.5 Å². The van der Waals surface area contributed by atoms with Gasteiger partial charge < -0.3 is 14.4 Å². The molecule has 0 spiro atoms. The summed E-state index contributed by atoms with van der Waals surface area (Å²) in [6, 6.07) is 21.1. The fourth-order valence-corrected chi connectivity index (χ4v) is 4.24. The van der Waals surface area contributed by atoms with Gasteiger partial charge in [0, 0.05) is 18.8 Å². The van der Waals surface area contributed by atoms with Crippen LogP contribution in [-0.4, -0.2) is 25.7 Å². The maximum absolute atomic E-state index is 13.7. The molecule has 3 aromatic carbocycles. The minimum atomic E-state index is -0.381. The first kappa shape index (κ1) is 21.9. The lowest BCUT2D eigenvalue weighted by Gasteiger charge is -2.28. The zero-order chi connectivity index (χ0) is 22.7. The minimum absolute atomic E-state index is 0.116. The fraction of sp³-hybridized carbons (Fsp3) is 0.296. The van der Waals surface area contributed by atoms with Crippen LogP contribution in [0.3, 0.4) is 0 Å². The van der Waals surface area contributed by atoms with Crippen LogP contribution in [-0.2, 0) is 16.0 Å². The molecule has 0 fully saturated rings. The number of fused-ring (bicyclic) bond motifs is 1. The summed E-state index contributed by atoms with van der Waals surface area (Å²) in [5, 5.41) is 0. The number of anilines is 1. The van der Waals surface area contributed by atoms with E-state index < -0.39 is 0 Å². The van der Waals surface area contributed by atoms with Crippen molar-refractivity contribution in [3.63, 3.8) is 0 Å². The Morgan fingerprint density at radius 1 is 1.06 bits per heavy atom. The standard InChI is InChI=1S/C27H28FNO3/c1-18(2)32-27(30)17-31-24-9-5-8-23(16-24)29(3)26-13-12-19-10-11-21(15-25(19)26)20-6-4-7-22(28)14-20/h4-11,14-16,18,26H,12-13,17H2,1-3H3. The van der Waals surface area contributed by atoms with Crippen molar-refractivity contribution in [1.29, 1.82) is 0 Å². The highest BCUT2D eigenvalue weighted by Gasteiger charge is 2.27. The molecular weight excluding hydrogens is 405 g/mol. The molecule has 0 amide bonds. The van der Waals surface area contributed by atoms with Crippen molar-refractivity contribution in [2.45, 2.75) is 38.8 Å². The highest BCUT2D eigenvalue weighted by molar-refractivity contribution is 5.71. The van der Waals surface area contributed by atoms with Crippen molar-refractivity contribution >= 4 is 11.7 Å². The lowest BCUT2D eigenvalue weighted by molar-refractivity contribution is -0.149. The third-order valence-electron chi connectivity index (χ3n) is 5.77. The van der Waals surface area contributed by atoms with Crippen LogP contribution in [0, 0.1) is 5.82 Å². The Hall–Kier alpha value is -3.34. The first-order chi connectivity index (χ1) is 15.4. The van der Waals surface area contributed by atoms with Gasteiger partial charge in [-0.2, -0.15) is 0 Å². The quantitative estimate of drug-likeness (QED) is 0.432. The van der Waals surface area contributed by atoms with E-state index in [4.69, 9.17) is 9.47 Å². The molecule has 0 heterocycles. The van der Waals surface area contributed by atoms with Gasteiger partial charge in [0.05, 0.1) is 12.1 Å². The number of rotatable bonds is 7. The molecule has 0 saturated carbocycles. The predicted octanol–water partition coefficient (Wildman–Crippen LogP) is 5.95. The van der Waals surface area contributed by atoms with Crippen LogP contribution in [0.5, 0.6) is 5.75 Å². The molecule has 32 heavy (non-hydrogen) atoms. The number of esters is 1. The lowest BCUT2D eigenvalue weighted by atomic mass is 9.98. The van der Waals surface area contributed by atoms with Crippen molar-refractivity contribution in [2.24, 2.45) is 0 Å². The average Bonchev–Trinajstić information content (AvgIpc) is 3.20. The topological polar surface area (TPSA) is 38.8 Å². The van der Waals surface area contributed by atoms with Gasteiger partial charge in [0.1, 0.15) is 11.6 Å². The van der Waals surface area contributed by atoms with Crippen molar-refractivity contribution < 1.29 is 18.7 Å². The van der Waals surface area contributed by atoms with Crippen molar-refractivity contribution in [3.8, 4) is 16.9 Å². The molecule has 0 N–H and O–H groups in total. The molecule has 0 radical (unpaired) electrons. The van der Waals surface area contributed by atoms with Crippen LogP contribution in [0.25, 0.3) is 11.1 Å². The summed E-state index contributed by atoms with van der Waals surface area (Å²) in [5.41, 5.74) is 5.50. The Morgan fingerprint density at radius 2 is 1.84 bits per heavy atom. The molecule has 5 heteroatoms. The minimum Gasteiger partial charge on any atom is -0.482 e. The molecule has 166 valence electrons. The van der Waals surface area contributed by atoms with E-state index in [0.717, 1.165) is 29.7 Å². The Balaban J connectivity index is 1.52. The van der Waals surface area contributed by atoms with E-state index in [9.17, 15) is 9.18 Å². The van der Waals surface area contributed by atoms with Crippen molar-refractivity contribution in [1.82, 2.24) is 0 Å². The second-order valence-corrected chi connectivity index (χ2v) is 8.41. The van der Waals surface area contributed by atoms with Crippen molar-refractivity contribution in [3.05, 3.63) is 83.7 Å². The number of hydrogen-bond acceptors (Lipinski definition) is 4. The van der Waals surface area contributed by atoms with E-state index in [0.29, 0.717) is 5.75 Å². The largest absolute Gasteiger partial charge is 0.482 e. The molecule has 1 aliphatic carbocycles. The highest BCUT2D eigenvalue weighted by Crippen LogP contribution is 2.40. The Morgan fingerprint density at radius 3 is 2.62 bits per heavy atom.